The number of nitrogens with zero attached hydrogens (tertiary/aromatic N) is 3. The van der Waals surface area contributed by atoms with E-state index in [9.17, 15) is 13.2 Å². The van der Waals surface area contributed by atoms with E-state index in [0.717, 1.165) is 5.56 Å². The fourth-order valence-corrected chi connectivity index (χ4v) is 3.96. The number of aryl methyl sites for hydroxylation is 2. The molecule has 0 atom stereocenters. The van der Waals surface area contributed by atoms with Crippen LogP contribution in [0, 0.1) is 0 Å². The van der Waals surface area contributed by atoms with Gasteiger partial charge >= 0.3 is 0 Å². The minimum Gasteiger partial charge on any atom is -0.343 e. The van der Waals surface area contributed by atoms with Gasteiger partial charge in [-0.3, -0.25) is 9.48 Å². The van der Waals surface area contributed by atoms with Crippen LogP contribution in [0.2, 0.25) is 0 Å². The first kappa shape index (κ1) is 15.0. The van der Waals surface area contributed by atoms with E-state index in [1.165, 1.54) is 0 Å². The van der Waals surface area contributed by atoms with Crippen molar-refractivity contribution in [2.75, 3.05) is 18.6 Å². The standard InChI is InChI=1S/C13H21N3O3S/c1-15-10-11(9-14-15)3-4-13(17)16(2)12-5-7-20(18,19)8-6-12/h9-10,12H,3-8H2,1-2H3. The highest BCUT2D eigenvalue weighted by Gasteiger charge is 2.28. The Morgan fingerprint density at radius 1 is 1.45 bits per heavy atom. The maximum atomic E-state index is 12.1. The maximum absolute atomic E-state index is 12.1. The lowest BCUT2D eigenvalue weighted by Crippen LogP contribution is -2.42. The second-order valence-electron chi connectivity index (χ2n) is 5.41. The van der Waals surface area contributed by atoms with Crippen molar-refractivity contribution in [2.24, 2.45) is 7.05 Å². The number of sulfone groups is 1. The lowest BCUT2D eigenvalue weighted by molar-refractivity contribution is -0.132. The predicted molar refractivity (Wildman–Crippen MR) is 76.0 cm³/mol. The summed E-state index contributed by atoms with van der Waals surface area (Å²) in [6.45, 7) is 0. The molecular formula is C13H21N3O3S. The van der Waals surface area contributed by atoms with E-state index in [-0.39, 0.29) is 23.5 Å². The first-order chi connectivity index (χ1) is 9.37. The molecule has 1 fully saturated rings. The quantitative estimate of drug-likeness (QED) is 0.806. The van der Waals surface area contributed by atoms with Crippen molar-refractivity contribution in [3.63, 3.8) is 0 Å². The molecule has 2 rings (SSSR count). The van der Waals surface area contributed by atoms with Crippen LogP contribution >= 0.6 is 0 Å². The first-order valence-corrected chi connectivity index (χ1v) is 8.63. The zero-order chi connectivity index (χ0) is 14.8. The van der Waals surface area contributed by atoms with Crippen molar-refractivity contribution in [2.45, 2.75) is 31.7 Å². The number of aromatic nitrogens is 2. The summed E-state index contributed by atoms with van der Waals surface area (Å²) in [5.74, 6) is 0.452. The zero-order valence-corrected chi connectivity index (χ0v) is 12.8. The van der Waals surface area contributed by atoms with Crippen LogP contribution < -0.4 is 0 Å². The molecular weight excluding hydrogens is 278 g/mol. The molecule has 0 spiro atoms. The van der Waals surface area contributed by atoms with Crippen LogP contribution in [-0.2, 0) is 28.1 Å². The van der Waals surface area contributed by atoms with Gasteiger partial charge in [0.25, 0.3) is 0 Å². The van der Waals surface area contributed by atoms with Gasteiger partial charge in [-0.1, -0.05) is 0 Å². The number of hydrogen-bond acceptors (Lipinski definition) is 4. The summed E-state index contributed by atoms with van der Waals surface area (Å²) < 4.78 is 24.5. The van der Waals surface area contributed by atoms with Crippen molar-refractivity contribution in [3.8, 4) is 0 Å². The Bertz CT molecular complexity index is 565. The fraction of sp³-hybridized carbons (Fsp3) is 0.692. The van der Waals surface area contributed by atoms with Crippen LogP contribution in [0.5, 0.6) is 0 Å². The van der Waals surface area contributed by atoms with E-state index in [4.69, 9.17) is 0 Å². The summed E-state index contributed by atoms with van der Waals surface area (Å²) in [4.78, 5) is 13.8. The predicted octanol–water partition coefficient (Wildman–Crippen LogP) is 0.388. The highest BCUT2D eigenvalue weighted by atomic mass is 32.2. The maximum Gasteiger partial charge on any atom is 0.222 e. The van der Waals surface area contributed by atoms with Crippen LogP contribution in [0.15, 0.2) is 12.4 Å². The third kappa shape index (κ3) is 3.82. The number of carbonyl (C=O) groups excluding carboxylic acids is 1. The molecule has 1 aliphatic heterocycles. The van der Waals surface area contributed by atoms with Gasteiger partial charge in [0, 0.05) is 32.8 Å². The summed E-state index contributed by atoms with van der Waals surface area (Å²) >= 11 is 0. The number of carbonyl (C=O) groups is 1. The third-order valence-electron chi connectivity index (χ3n) is 3.85. The molecule has 1 aromatic heterocycles. The Hall–Kier alpha value is -1.37. The smallest absolute Gasteiger partial charge is 0.222 e. The lowest BCUT2D eigenvalue weighted by atomic mass is 10.1. The molecule has 1 saturated heterocycles. The average Bonchev–Trinajstić information content (AvgIpc) is 2.81. The molecule has 0 unspecified atom stereocenters. The van der Waals surface area contributed by atoms with Gasteiger partial charge in [-0.05, 0) is 24.8 Å². The normalized spacial score (nSPS) is 18.9. The highest BCUT2D eigenvalue weighted by molar-refractivity contribution is 7.91. The zero-order valence-electron chi connectivity index (χ0n) is 11.9. The Morgan fingerprint density at radius 2 is 2.10 bits per heavy atom. The summed E-state index contributed by atoms with van der Waals surface area (Å²) in [5, 5.41) is 4.07. The number of rotatable bonds is 4. The van der Waals surface area contributed by atoms with E-state index < -0.39 is 9.84 Å². The number of hydrogen-bond donors (Lipinski definition) is 0. The van der Waals surface area contributed by atoms with Crippen LogP contribution in [0.3, 0.4) is 0 Å². The Morgan fingerprint density at radius 3 is 2.65 bits per heavy atom. The minimum absolute atomic E-state index is 0.0555. The lowest BCUT2D eigenvalue weighted by Gasteiger charge is -2.31. The molecule has 112 valence electrons. The van der Waals surface area contributed by atoms with Gasteiger partial charge in [-0.25, -0.2) is 8.42 Å². The second-order valence-corrected chi connectivity index (χ2v) is 7.71. The summed E-state index contributed by atoms with van der Waals surface area (Å²) in [6, 6.07) is 0.0555. The molecule has 6 nitrogen and oxygen atoms in total. The van der Waals surface area contributed by atoms with Gasteiger partial charge in [-0.2, -0.15) is 5.10 Å². The molecule has 0 bridgehead atoms. The second kappa shape index (κ2) is 5.95. The largest absolute Gasteiger partial charge is 0.343 e. The monoisotopic (exact) mass is 299 g/mol. The Kier molecular flexibility index (Phi) is 4.47. The molecule has 1 aromatic rings. The summed E-state index contributed by atoms with van der Waals surface area (Å²) in [7, 11) is 0.743. The highest BCUT2D eigenvalue weighted by Crippen LogP contribution is 2.18. The molecule has 1 aliphatic rings. The van der Waals surface area contributed by atoms with Crippen LogP contribution in [0.1, 0.15) is 24.8 Å². The van der Waals surface area contributed by atoms with Crippen LogP contribution in [0.4, 0.5) is 0 Å². The minimum atomic E-state index is -2.88. The van der Waals surface area contributed by atoms with Crippen molar-refractivity contribution >= 4 is 15.7 Å². The van der Waals surface area contributed by atoms with Crippen LogP contribution in [0.25, 0.3) is 0 Å². The summed E-state index contributed by atoms with van der Waals surface area (Å²) in [5.41, 5.74) is 1.04. The SMILES string of the molecule is CN(C(=O)CCc1cnn(C)c1)C1CCS(=O)(=O)CC1. The van der Waals surface area contributed by atoms with Crippen molar-refractivity contribution in [1.82, 2.24) is 14.7 Å². The Balaban J connectivity index is 1.83. The van der Waals surface area contributed by atoms with E-state index in [2.05, 4.69) is 5.10 Å². The molecule has 0 N–H and O–H groups in total. The molecule has 7 heteroatoms. The van der Waals surface area contributed by atoms with E-state index >= 15 is 0 Å². The molecule has 1 amide bonds. The average molecular weight is 299 g/mol. The van der Waals surface area contributed by atoms with Gasteiger partial charge in [-0.15, -0.1) is 0 Å². The fourth-order valence-electron chi connectivity index (χ4n) is 2.50. The molecule has 0 saturated carbocycles. The summed E-state index contributed by atoms with van der Waals surface area (Å²) in [6.07, 6.45) is 5.88. The van der Waals surface area contributed by atoms with Gasteiger partial charge in [0.1, 0.15) is 9.84 Å². The molecule has 0 radical (unpaired) electrons. The Labute approximate surface area is 119 Å². The first-order valence-electron chi connectivity index (χ1n) is 6.81. The van der Waals surface area contributed by atoms with E-state index in [0.29, 0.717) is 25.7 Å². The molecule has 20 heavy (non-hydrogen) atoms. The van der Waals surface area contributed by atoms with Crippen molar-refractivity contribution in [3.05, 3.63) is 18.0 Å². The third-order valence-corrected chi connectivity index (χ3v) is 5.57. The molecule has 0 aliphatic carbocycles. The van der Waals surface area contributed by atoms with Crippen LogP contribution in [-0.4, -0.2) is 53.6 Å². The topological polar surface area (TPSA) is 72.3 Å². The van der Waals surface area contributed by atoms with Crippen molar-refractivity contribution < 1.29 is 13.2 Å². The molecule has 2 heterocycles. The van der Waals surface area contributed by atoms with Gasteiger partial charge in [0.15, 0.2) is 0 Å². The van der Waals surface area contributed by atoms with Gasteiger partial charge in [0.2, 0.25) is 5.91 Å². The number of amides is 1. The van der Waals surface area contributed by atoms with Gasteiger partial charge < -0.3 is 4.90 Å². The van der Waals surface area contributed by atoms with Gasteiger partial charge in [0.05, 0.1) is 17.7 Å². The van der Waals surface area contributed by atoms with Crippen molar-refractivity contribution in [1.29, 1.82) is 0 Å². The van der Waals surface area contributed by atoms with E-state index in [1.54, 1.807) is 22.8 Å². The van der Waals surface area contributed by atoms with E-state index in [1.807, 2.05) is 13.2 Å². The molecule has 0 aromatic carbocycles.